The molecule has 4 unspecified atom stereocenters. The van der Waals surface area contributed by atoms with Crippen LogP contribution in [0.25, 0.3) is 6.08 Å². The molecule has 2 aromatic carbocycles. The quantitative estimate of drug-likeness (QED) is 0.527. The van der Waals surface area contributed by atoms with Crippen LogP contribution >= 0.6 is 0 Å². The van der Waals surface area contributed by atoms with Gasteiger partial charge in [0.2, 0.25) is 11.8 Å². The maximum absolute atomic E-state index is 13.5. The Morgan fingerprint density at radius 1 is 1.00 bits per heavy atom. The number of esters is 1. The zero-order valence-corrected chi connectivity index (χ0v) is 16.7. The first kappa shape index (κ1) is 20.3. The third kappa shape index (κ3) is 2.77. The number of halogens is 3. The fourth-order valence-electron chi connectivity index (χ4n) is 5.02. The van der Waals surface area contributed by atoms with E-state index in [2.05, 4.69) is 0 Å². The minimum atomic E-state index is -4.63. The second-order valence-electron chi connectivity index (χ2n) is 7.92. The van der Waals surface area contributed by atoms with Crippen molar-refractivity contribution in [3.63, 3.8) is 0 Å². The molecule has 0 N–H and O–H groups in total. The third-order valence-corrected chi connectivity index (χ3v) is 6.34. The number of carbonyl (C=O) groups is 3. The molecule has 2 aromatic rings. The summed E-state index contributed by atoms with van der Waals surface area (Å²) in [5.74, 6) is -4.04. The van der Waals surface area contributed by atoms with Gasteiger partial charge in [0.1, 0.15) is 6.04 Å². The van der Waals surface area contributed by atoms with Gasteiger partial charge in [-0.05, 0) is 35.4 Å². The number of amides is 2. The first-order chi connectivity index (χ1) is 15.2. The SMILES string of the molecule is COC(=O)C1C2C(=O)N(c3cccc(C(F)(F)F)c3)C(=O)C2C2c3ccccc3C=CN12. The zero-order chi connectivity index (χ0) is 22.8. The molecule has 3 aliphatic rings. The molecule has 5 rings (SSSR count). The predicted molar refractivity (Wildman–Crippen MR) is 107 cm³/mol. The first-order valence-corrected chi connectivity index (χ1v) is 9.91. The second kappa shape index (κ2) is 6.94. The van der Waals surface area contributed by atoms with Crippen molar-refractivity contribution in [2.45, 2.75) is 18.3 Å². The van der Waals surface area contributed by atoms with Gasteiger partial charge in [-0.3, -0.25) is 9.59 Å². The maximum atomic E-state index is 13.5. The summed E-state index contributed by atoms with van der Waals surface area (Å²) >= 11 is 0. The van der Waals surface area contributed by atoms with Gasteiger partial charge in [-0.2, -0.15) is 13.2 Å². The van der Waals surface area contributed by atoms with Gasteiger partial charge < -0.3 is 9.64 Å². The van der Waals surface area contributed by atoms with Crippen LogP contribution in [0, 0.1) is 11.8 Å². The predicted octanol–water partition coefficient (Wildman–Crippen LogP) is 3.39. The number of hydrogen-bond donors (Lipinski definition) is 0. The number of methoxy groups -OCH3 is 1. The summed E-state index contributed by atoms with van der Waals surface area (Å²) in [4.78, 5) is 42.0. The van der Waals surface area contributed by atoms with Gasteiger partial charge in [-0.15, -0.1) is 0 Å². The van der Waals surface area contributed by atoms with E-state index in [1.165, 1.54) is 13.2 Å². The number of ether oxygens (including phenoxy) is 1. The summed E-state index contributed by atoms with van der Waals surface area (Å²) in [5, 5.41) is 0. The number of anilines is 1. The summed E-state index contributed by atoms with van der Waals surface area (Å²) in [5.41, 5.74) is 0.475. The number of carbonyl (C=O) groups excluding carboxylic acids is 3. The minimum absolute atomic E-state index is 0.168. The Bertz CT molecular complexity index is 1180. The lowest BCUT2D eigenvalue weighted by Crippen LogP contribution is -2.44. The van der Waals surface area contributed by atoms with Gasteiger partial charge in [-0.25, -0.2) is 9.69 Å². The van der Waals surface area contributed by atoms with Crippen molar-refractivity contribution in [3.05, 3.63) is 71.4 Å². The van der Waals surface area contributed by atoms with E-state index < -0.39 is 53.4 Å². The van der Waals surface area contributed by atoms with E-state index >= 15 is 0 Å². The van der Waals surface area contributed by atoms with E-state index in [9.17, 15) is 27.6 Å². The van der Waals surface area contributed by atoms with E-state index in [4.69, 9.17) is 4.74 Å². The van der Waals surface area contributed by atoms with Crippen molar-refractivity contribution < 1.29 is 32.3 Å². The molecular formula is C23H17F3N2O4. The smallest absolute Gasteiger partial charge is 0.416 e. The molecule has 9 heteroatoms. The van der Waals surface area contributed by atoms with Gasteiger partial charge >= 0.3 is 12.1 Å². The number of fused-ring (bicyclic) bond motifs is 5. The number of hydrogen-bond acceptors (Lipinski definition) is 5. The van der Waals surface area contributed by atoms with Crippen molar-refractivity contribution in [1.29, 1.82) is 0 Å². The zero-order valence-electron chi connectivity index (χ0n) is 16.7. The topological polar surface area (TPSA) is 66.9 Å². The highest BCUT2D eigenvalue weighted by molar-refractivity contribution is 6.24. The number of rotatable bonds is 2. The number of benzene rings is 2. The van der Waals surface area contributed by atoms with Crippen LogP contribution in [0.1, 0.15) is 22.7 Å². The molecule has 32 heavy (non-hydrogen) atoms. The average molecular weight is 442 g/mol. The van der Waals surface area contributed by atoms with Gasteiger partial charge in [0, 0.05) is 6.20 Å². The molecule has 164 valence electrons. The molecule has 3 aliphatic heterocycles. The summed E-state index contributed by atoms with van der Waals surface area (Å²) in [6.07, 6.45) is -1.17. The third-order valence-electron chi connectivity index (χ3n) is 6.34. The first-order valence-electron chi connectivity index (χ1n) is 9.91. The average Bonchev–Trinajstić information content (AvgIpc) is 3.25. The molecule has 4 atom stereocenters. The molecule has 2 saturated heterocycles. The van der Waals surface area contributed by atoms with Crippen LogP contribution in [0.5, 0.6) is 0 Å². The van der Waals surface area contributed by atoms with Crippen LogP contribution in [0.4, 0.5) is 18.9 Å². The van der Waals surface area contributed by atoms with Crippen molar-refractivity contribution in [1.82, 2.24) is 4.90 Å². The van der Waals surface area contributed by atoms with Crippen LogP contribution in [0.2, 0.25) is 0 Å². The largest absolute Gasteiger partial charge is 0.467 e. The fraction of sp³-hybridized carbons (Fsp3) is 0.261. The van der Waals surface area contributed by atoms with Crippen molar-refractivity contribution in [3.8, 4) is 0 Å². The molecule has 2 fully saturated rings. The second-order valence-corrected chi connectivity index (χ2v) is 7.92. The van der Waals surface area contributed by atoms with Crippen molar-refractivity contribution in [2.75, 3.05) is 12.0 Å². The lowest BCUT2D eigenvalue weighted by atomic mass is 9.84. The lowest BCUT2D eigenvalue weighted by molar-refractivity contribution is -0.148. The molecule has 0 saturated carbocycles. The standard InChI is InChI=1S/C23H17F3N2O4/c1-32-22(31)19-17-16(18-15-8-3-2-5-12(15)9-10-27(18)19)20(29)28(21(17)30)14-7-4-6-13(11-14)23(24,25)26/h2-11,16-19H,1H3. The van der Waals surface area contributed by atoms with E-state index in [-0.39, 0.29) is 5.69 Å². The molecule has 3 heterocycles. The van der Waals surface area contributed by atoms with Crippen molar-refractivity contribution >= 4 is 29.5 Å². The maximum Gasteiger partial charge on any atom is 0.416 e. The molecular weight excluding hydrogens is 425 g/mol. The normalized spacial score (nSPS) is 26.1. The molecule has 0 spiro atoms. The number of alkyl halides is 3. The Kier molecular flexibility index (Phi) is 4.40. The van der Waals surface area contributed by atoms with Gasteiger partial charge in [0.05, 0.1) is 36.2 Å². The Morgan fingerprint density at radius 3 is 2.44 bits per heavy atom. The molecule has 0 bridgehead atoms. The van der Waals surface area contributed by atoms with E-state index in [0.717, 1.165) is 34.2 Å². The van der Waals surface area contributed by atoms with E-state index in [1.54, 1.807) is 23.2 Å². The summed E-state index contributed by atoms with van der Waals surface area (Å²) in [7, 11) is 1.19. The Labute approximate surface area is 180 Å². The van der Waals surface area contributed by atoms with Crippen LogP contribution in [0.3, 0.4) is 0 Å². The number of imide groups is 1. The fourth-order valence-corrected chi connectivity index (χ4v) is 5.02. The Hall–Kier alpha value is -3.62. The van der Waals surface area contributed by atoms with Crippen LogP contribution in [-0.4, -0.2) is 35.8 Å². The lowest BCUT2D eigenvalue weighted by Gasteiger charge is -2.34. The highest BCUT2D eigenvalue weighted by Gasteiger charge is 2.65. The summed E-state index contributed by atoms with van der Waals surface area (Å²) in [6.45, 7) is 0. The van der Waals surface area contributed by atoms with E-state index in [0.29, 0.717) is 0 Å². The van der Waals surface area contributed by atoms with Gasteiger partial charge in [0.15, 0.2) is 0 Å². The van der Waals surface area contributed by atoms with Crippen LogP contribution in [0.15, 0.2) is 54.7 Å². The van der Waals surface area contributed by atoms with Crippen LogP contribution in [-0.2, 0) is 25.3 Å². The van der Waals surface area contributed by atoms with E-state index in [1.807, 2.05) is 18.2 Å². The molecule has 0 aromatic heterocycles. The van der Waals surface area contributed by atoms with Gasteiger partial charge in [0.25, 0.3) is 0 Å². The Balaban J connectivity index is 1.63. The molecule has 0 aliphatic carbocycles. The highest BCUT2D eigenvalue weighted by atomic mass is 19.4. The summed E-state index contributed by atoms with van der Waals surface area (Å²) < 4.78 is 44.6. The molecule has 0 radical (unpaired) electrons. The summed E-state index contributed by atoms with van der Waals surface area (Å²) in [6, 6.07) is 9.70. The van der Waals surface area contributed by atoms with Crippen molar-refractivity contribution in [2.24, 2.45) is 11.8 Å². The monoisotopic (exact) mass is 442 g/mol. The Morgan fingerprint density at radius 2 is 1.72 bits per heavy atom. The number of nitrogens with zero attached hydrogens (tertiary/aromatic N) is 2. The molecule has 6 nitrogen and oxygen atoms in total. The van der Waals surface area contributed by atoms with Gasteiger partial charge in [-0.1, -0.05) is 30.3 Å². The highest BCUT2D eigenvalue weighted by Crippen LogP contribution is 2.53. The molecule has 2 amide bonds. The van der Waals surface area contributed by atoms with Crippen LogP contribution < -0.4 is 4.90 Å². The minimum Gasteiger partial charge on any atom is -0.467 e.